The van der Waals surface area contributed by atoms with Gasteiger partial charge in [0.2, 0.25) is 0 Å². The molecule has 0 spiro atoms. The van der Waals surface area contributed by atoms with Gasteiger partial charge in [-0.15, -0.1) is 0 Å². The molecule has 4 heteroatoms. The van der Waals surface area contributed by atoms with Crippen molar-refractivity contribution < 1.29 is 9.53 Å². The zero-order valence-electron chi connectivity index (χ0n) is 9.10. The zero-order valence-corrected chi connectivity index (χ0v) is 9.10. The van der Waals surface area contributed by atoms with Gasteiger partial charge in [-0.2, -0.15) is 0 Å². The quantitative estimate of drug-likeness (QED) is 0.697. The molecule has 1 amide bonds. The number of rotatable bonds is 3. The Hall–Kier alpha value is -0.770. The lowest BCUT2D eigenvalue weighted by Crippen LogP contribution is -2.43. The molecule has 0 aromatic carbocycles. The van der Waals surface area contributed by atoms with E-state index >= 15 is 0 Å². The summed E-state index contributed by atoms with van der Waals surface area (Å²) in [4.78, 5) is 11.2. The normalized spacial score (nSPS) is 13.6. The fourth-order valence-corrected chi connectivity index (χ4v) is 0.847. The molecule has 0 aliphatic carbocycles. The topological polar surface area (TPSA) is 50.4 Å². The maximum absolute atomic E-state index is 11.2. The van der Waals surface area contributed by atoms with Crippen molar-refractivity contribution >= 4 is 6.09 Å². The maximum Gasteiger partial charge on any atom is 0.407 e. The number of hydrogen-bond acceptors (Lipinski definition) is 3. The van der Waals surface area contributed by atoms with Crippen LogP contribution in [0.15, 0.2) is 0 Å². The molecule has 0 aliphatic heterocycles. The van der Waals surface area contributed by atoms with Crippen LogP contribution in [0.25, 0.3) is 0 Å². The Morgan fingerprint density at radius 2 is 2.00 bits per heavy atom. The highest BCUT2D eigenvalue weighted by Crippen LogP contribution is 2.00. The lowest BCUT2D eigenvalue weighted by atomic mass is 10.1. The van der Waals surface area contributed by atoms with E-state index in [1.54, 1.807) is 0 Å². The fourth-order valence-electron chi connectivity index (χ4n) is 0.847. The van der Waals surface area contributed by atoms with Gasteiger partial charge in [-0.25, -0.2) is 4.79 Å². The molecule has 0 aromatic heterocycles. The molecular formula is C9H20N2O2. The average Bonchev–Trinajstić information content (AvgIpc) is 1.81. The Labute approximate surface area is 80.0 Å². The third-order valence-corrected chi connectivity index (χ3v) is 1.28. The summed E-state index contributed by atoms with van der Waals surface area (Å²) in [6.45, 7) is 8.25. The lowest BCUT2D eigenvalue weighted by molar-refractivity contribution is 0.100. The number of hydrogen-bond donors (Lipinski definition) is 2. The summed E-state index contributed by atoms with van der Waals surface area (Å²) in [5.41, 5.74) is -0.240. The first-order valence-corrected chi connectivity index (χ1v) is 4.48. The van der Waals surface area contributed by atoms with Gasteiger partial charge in [-0.05, 0) is 34.7 Å². The van der Waals surface area contributed by atoms with Crippen molar-refractivity contribution in [2.75, 3.05) is 13.6 Å². The van der Waals surface area contributed by atoms with Crippen LogP contribution in [0.2, 0.25) is 0 Å². The predicted molar refractivity (Wildman–Crippen MR) is 52.8 cm³/mol. The molecular weight excluding hydrogens is 168 g/mol. The van der Waals surface area contributed by atoms with Crippen LogP contribution in [-0.4, -0.2) is 31.3 Å². The third-order valence-electron chi connectivity index (χ3n) is 1.28. The number of amides is 1. The van der Waals surface area contributed by atoms with E-state index in [4.69, 9.17) is 4.74 Å². The fraction of sp³-hybridized carbons (Fsp3) is 0.889. The number of alkyl carbamates (subject to hydrolysis) is 1. The Bertz CT molecular complexity index is 163. The second kappa shape index (κ2) is 5.07. The summed E-state index contributed by atoms with van der Waals surface area (Å²) in [6, 6.07) is 0. The SMILES string of the molecule is CNCC(C)OC(=O)NC(C)(C)C. The second-order valence-electron chi connectivity index (χ2n) is 4.15. The Morgan fingerprint density at radius 1 is 1.46 bits per heavy atom. The van der Waals surface area contributed by atoms with Crippen LogP contribution in [0, 0.1) is 0 Å². The summed E-state index contributed by atoms with van der Waals surface area (Å²) in [6.07, 6.45) is -0.470. The van der Waals surface area contributed by atoms with Crippen LogP contribution < -0.4 is 10.6 Å². The summed E-state index contributed by atoms with van der Waals surface area (Å²) >= 11 is 0. The van der Waals surface area contributed by atoms with E-state index in [0.29, 0.717) is 6.54 Å². The molecule has 4 nitrogen and oxygen atoms in total. The number of likely N-dealkylation sites (N-methyl/N-ethyl adjacent to an activating group) is 1. The van der Waals surface area contributed by atoms with Crippen LogP contribution in [0.1, 0.15) is 27.7 Å². The molecule has 13 heavy (non-hydrogen) atoms. The Balaban J connectivity index is 3.74. The number of nitrogens with one attached hydrogen (secondary N) is 2. The highest BCUT2D eigenvalue weighted by Gasteiger charge is 2.16. The molecule has 0 rings (SSSR count). The molecule has 0 saturated carbocycles. The van der Waals surface area contributed by atoms with Crippen molar-refractivity contribution in [2.24, 2.45) is 0 Å². The van der Waals surface area contributed by atoms with Gasteiger partial charge in [-0.1, -0.05) is 0 Å². The highest BCUT2D eigenvalue weighted by atomic mass is 16.6. The minimum atomic E-state index is -0.366. The van der Waals surface area contributed by atoms with Crippen molar-refractivity contribution in [3.8, 4) is 0 Å². The van der Waals surface area contributed by atoms with E-state index in [1.807, 2.05) is 34.7 Å². The van der Waals surface area contributed by atoms with Crippen molar-refractivity contribution in [1.82, 2.24) is 10.6 Å². The Morgan fingerprint density at radius 3 is 2.38 bits per heavy atom. The molecule has 1 unspecified atom stereocenters. The van der Waals surface area contributed by atoms with Gasteiger partial charge in [0.15, 0.2) is 0 Å². The van der Waals surface area contributed by atoms with E-state index in [1.165, 1.54) is 0 Å². The molecule has 1 atom stereocenters. The van der Waals surface area contributed by atoms with Gasteiger partial charge < -0.3 is 15.4 Å². The lowest BCUT2D eigenvalue weighted by Gasteiger charge is -2.21. The highest BCUT2D eigenvalue weighted by molar-refractivity contribution is 5.68. The number of ether oxygens (including phenoxy) is 1. The standard InChI is InChI=1S/C9H20N2O2/c1-7(6-10-5)13-8(12)11-9(2,3)4/h7,10H,6H2,1-5H3,(H,11,12). The Kier molecular flexibility index (Phi) is 4.77. The smallest absolute Gasteiger partial charge is 0.407 e. The summed E-state index contributed by atoms with van der Waals surface area (Å²) in [7, 11) is 1.82. The van der Waals surface area contributed by atoms with Gasteiger partial charge in [0, 0.05) is 12.1 Å². The number of carbonyl (C=O) groups excluding carboxylic acids is 1. The molecule has 0 aliphatic rings. The van der Waals surface area contributed by atoms with Gasteiger partial charge in [0.1, 0.15) is 6.10 Å². The number of carbonyl (C=O) groups is 1. The predicted octanol–water partition coefficient (Wildman–Crippen LogP) is 1.12. The summed E-state index contributed by atoms with van der Waals surface area (Å²) < 4.78 is 5.05. The molecule has 2 N–H and O–H groups in total. The molecule has 0 saturated heterocycles. The van der Waals surface area contributed by atoms with E-state index in [-0.39, 0.29) is 17.7 Å². The van der Waals surface area contributed by atoms with Gasteiger partial charge >= 0.3 is 6.09 Å². The van der Waals surface area contributed by atoms with Gasteiger partial charge in [0.05, 0.1) is 0 Å². The van der Waals surface area contributed by atoms with Crippen LogP contribution in [0.5, 0.6) is 0 Å². The first-order chi connectivity index (χ1) is 5.85. The van der Waals surface area contributed by atoms with E-state index in [2.05, 4.69) is 10.6 Å². The molecule has 0 bridgehead atoms. The molecule has 0 heterocycles. The van der Waals surface area contributed by atoms with Gasteiger partial charge in [-0.3, -0.25) is 0 Å². The van der Waals surface area contributed by atoms with Crippen molar-refractivity contribution in [2.45, 2.75) is 39.3 Å². The molecule has 0 aromatic rings. The van der Waals surface area contributed by atoms with Crippen molar-refractivity contribution in [3.05, 3.63) is 0 Å². The summed E-state index contributed by atoms with van der Waals surface area (Å²) in [5, 5.41) is 5.65. The van der Waals surface area contributed by atoms with Crippen LogP contribution >= 0.6 is 0 Å². The van der Waals surface area contributed by atoms with Crippen LogP contribution in [0.4, 0.5) is 4.79 Å². The van der Waals surface area contributed by atoms with Crippen LogP contribution in [-0.2, 0) is 4.74 Å². The minimum absolute atomic E-state index is 0.104. The van der Waals surface area contributed by atoms with E-state index < -0.39 is 0 Å². The van der Waals surface area contributed by atoms with Crippen molar-refractivity contribution in [1.29, 1.82) is 0 Å². The van der Waals surface area contributed by atoms with E-state index in [9.17, 15) is 4.79 Å². The van der Waals surface area contributed by atoms with Crippen LogP contribution in [0.3, 0.4) is 0 Å². The van der Waals surface area contributed by atoms with E-state index in [0.717, 1.165) is 0 Å². The zero-order chi connectivity index (χ0) is 10.5. The first-order valence-electron chi connectivity index (χ1n) is 4.48. The first kappa shape index (κ1) is 12.2. The second-order valence-corrected chi connectivity index (χ2v) is 4.15. The average molecular weight is 188 g/mol. The minimum Gasteiger partial charge on any atom is -0.445 e. The largest absolute Gasteiger partial charge is 0.445 e. The maximum atomic E-state index is 11.2. The monoisotopic (exact) mass is 188 g/mol. The summed E-state index contributed by atoms with van der Waals surface area (Å²) in [5.74, 6) is 0. The molecule has 78 valence electrons. The van der Waals surface area contributed by atoms with Crippen molar-refractivity contribution in [3.63, 3.8) is 0 Å². The molecule has 0 fully saturated rings. The molecule has 0 radical (unpaired) electrons. The third kappa shape index (κ3) is 7.59. The van der Waals surface area contributed by atoms with Gasteiger partial charge in [0.25, 0.3) is 0 Å².